The molecule has 35 heavy (non-hydrogen) atoms. The van der Waals surface area contributed by atoms with Crippen LogP contribution in [0, 0.1) is 13.8 Å². The maximum atomic E-state index is 13.1. The molecular weight excluding hydrogens is 456 g/mol. The number of Topliss-reactive ketones (excluding diaryl/α,β-unsaturated/α-hetero) is 1. The van der Waals surface area contributed by atoms with Gasteiger partial charge in [-0.1, -0.05) is 59.8 Å². The lowest BCUT2D eigenvalue weighted by atomic mass is 9.99. The SMILES string of the molecule is Cc1ccc(-n2c(Cc3ccccc3)nnc2SCC(=O)c2ccc3c(c2)CCC(=O)N3)c(C)c1. The molecule has 0 fully saturated rings. The third kappa shape index (κ3) is 5.05. The average Bonchev–Trinajstić information content (AvgIpc) is 3.24. The molecule has 1 aliphatic rings. The van der Waals surface area contributed by atoms with Crippen LogP contribution in [0.5, 0.6) is 0 Å². The van der Waals surface area contributed by atoms with Gasteiger partial charge in [0, 0.05) is 24.1 Å². The highest BCUT2D eigenvalue weighted by Crippen LogP contribution is 2.28. The van der Waals surface area contributed by atoms with Crippen molar-refractivity contribution >= 4 is 29.1 Å². The van der Waals surface area contributed by atoms with Crippen LogP contribution in [0.25, 0.3) is 5.69 Å². The first-order chi connectivity index (χ1) is 17.0. The third-order valence-electron chi connectivity index (χ3n) is 6.15. The molecule has 0 unspecified atom stereocenters. The Balaban J connectivity index is 1.41. The van der Waals surface area contributed by atoms with E-state index in [1.807, 2.05) is 30.3 Å². The Bertz CT molecular complexity index is 1410. The van der Waals surface area contributed by atoms with Gasteiger partial charge in [0.25, 0.3) is 0 Å². The number of aryl methyl sites for hydroxylation is 3. The summed E-state index contributed by atoms with van der Waals surface area (Å²) in [6.45, 7) is 4.16. The summed E-state index contributed by atoms with van der Waals surface area (Å²) in [7, 11) is 0. The van der Waals surface area contributed by atoms with E-state index in [1.165, 1.54) is 17.3 Å². The minimum absolute atomic E-state index is 0.0178. The Morgan fingerprint density at radius 1 is 1.00 bits per heavy atom. The van der Waals surface area contributed by atoms with Crippen molar-refractivity contribution in [2.75, 3.05) is 11.1 Å². The molecule has 7 heteroatoms. The summed E-state index contributed by atoms with van der Waals surface area (Å²) < 4.78 is 2.07. The van der Waals surface area contributed by atoms with Crippen LogP contribution >= 0.6 is 11.8 Å². The lowest BCUT2D eigenvalue weighted by molar-refractivity contribution is -0.116. The minimum atomic E-state index is 0.0178. The highest BCUT2D eigenvalue weighted by Gasteiger charge is 2.20. The molecule has 5 rings (SSSR count). The number of nitrogens with one attached hydrogen (secondary N) is 1. The van der Waals surface area contributed by atoms with Gasteiger partial charge in [0.05, 0.1) is 11.4 Å². The molecule has 0 atom stereocenters. The zero-order chi connectivity index (χ0) is 24.4. The molecule has 1 amide bonds. The molecule has 1 aromatic heterocycles. The quantitative estimate of drug-likeness (QED) is 0.284. The van der Waals surface area contributed by atoms with E-state index in [-0.39, 0.29) is 17.4 Å². The van der Waals surface area contributed by atoms with E-state index in [2.05, 4.69) is 64.3 Å². The molecule has 0 saturated heterocycles. The van der Waals surface area contributed by atoms with Crippen molar-refractivity contribution in [3.05, 3.63) is 100 Å². The molecule has 1 N–H and O–H groups in total. The molecule has 2 heterocycles. The first-order valence-corrected chi connectivity index (χ1v) is 12.6. The first kappa shape index (κ1) is 23.1. The van der Waals surface area contributed by atoms with Gasteiger partial charge in [0.15, 0.2) is 10.9 Å². The van der Waals surface area contributed by atoms with Crippen molar-refractivity contribution in [1.29, 1.82) is 0 Å². The largest absolute Gasteiger partial charge is 0.326 e. The second-order valence-corrected chi connectivity index (χ2v) is 9.76. The second kappa shape index (κ2) is 9.88. The summed E-state index contributed by atoms with van der Waals surface area (Å²) in [5, 5.41) is 12.5. The Kier molecular flexibility index (Phi) is 6.51. The second-order valence-electron chi connectivity index (χ2n) is 8.82. The van der Waals surface area contributed by atoms with E-state index in [4.69, 9.17) is 0 Å². The van der Waals surface area contributed by atoms with Gasteiger partial charge >= 0.3 is 0 Å². The van der Waals surface area contributed by atoms with Gasteiger partial charge in [0.1, 0.15) is 5.82 Å². The van der Waals surface area contributed by atoms with Crippen LogP contribution in [0.15, 0.2) is 71.9 Å². The van der Waals surface area contributed by atoms with E-state index in [1.54, 1.807) is 6.07 Å². The van der Waals surface area contributed by atoms with Gasteiger partial charge in [-0.05, 0) is 61.2 Å². The number of nitrogens with zero attached hydrogens (tertiary/aromatic N) is 3. The number of fused-ring (bicyclic) bond motifs is 1. The minimum Gasteiger partial charge on any atom is -0.326 e. The molecule has 0 aliphatic carbocycles. The first-order valence-electron chi connectivity index (χ1n) is 11.6. The van der Waals surface area contributed by atoms with Crippen molar-refractivity contribution in [2.24, 2.45) is 0 Å². The molecule has 0 radical (unpaired) electrons. The lowest BCUT2D eigenvalue weighted by Gasteiger charge is -2.17. The number of rotatable bonds is 7. The third-order valence-corrected chi connectivity index (χ3v) is 7.08. The lowest BCUT2D eigenvalue weighted by Crippen LogP contribution is -2.19. The fourth-order valence-electron chi connectivity index (χ4n) is 4.36. The number of hydrogen-bond acceptors (Lipinski definition) is 5. The highest BCUT2D eigenvalue weighted by atomic mass is 32.2. The number of benzene rings is 3. The van der Waals surface area contributed by atoms with Crippen LogP contribution in [0.3, 0.4) is 0 Å². The molecule has 0 saturated carbocycles. The van der Waals surface area contributed by atoms with Crippen molar-refractivity contribution in [3.63, 3.8) is 0 Å². The van der Waals surface area contributed by atoms with Gasteiger partial charge in [-0.25, -0.2) is 0 Å². The average molecular weight is 483 g/mol. The van der Waals surface area contributed by atoms with Gasteiger partial charge in [-0.15, -0.1) is 10.2 Å². The van der Waals surface area contributed by atoms with Crippen molar-refractivity contribution in [1.82, 2.24) is 14.8 Å². The Hall–Kier alpha value is -3.71. The van der Waals surface area contributed by atoms with Crippen LogP contribution in [0.2, 0.25) is 0 Å². The summed E-state index contributed by atoms with van der Waals surface area (Å²) >= 11 is 1.40. The number of carbonyl (C=O) groups excluding carboxylic acids is 2. The molecule has 3 aromatic carbocycles. The number of hydrogen-bond donors (Lipinski definition) is 1. The van der Waals surface area contributed by atoms with Gasteiger partial charge in [-0.2, -0.15) is 0 Å². The maximum absolute atomic E-state index is 13.1. The fourth-order valence-corrected chi connectivity index (χ4v) is 5.21. The van der Waals surface area contributed by atoms with Crippen LogP contribution in [0.1, 0.15) is 44.9 Å². The van der Waals surface area contributed by atoms with Crippen LogP contribution < -0.4 is 5.32 Å². The maximum Gasteiger partial charge on any atom is 0.224 e. The van der Waals surface area contributed by atoms with Crippen molar-refractivity contribution < 1.29 is 9.59 Å². The number of anilines is 1. The van der Waals surface area contributed by atoms with Crippen LogP contribution in [-0.4, -0.2) is 32.2 Å². The standard InChI is InChI=1S/C28H26N4O2S/c1-18-8-12-24(19(2)14-18)32-26(15-20-6-4-3-5-7-20)30-31-28(32)35-17-25(33)22-9-11-23-21(16-22)10-13-27(34)29-23/h3-9,11-12,14,16H,10,13,15,17H2,1-2H3,(H,29,34). The van der Waals surface area contributed by atoms with Gasteiger partial charge < -0.3 is 5.32 Å². The number of carbonyl (C=O) groups is 2. The molecule has 176 valence electrons. The fraction of sp³-hybridized carbons (Fsp3) is 0.214. The summed E-state index contributed by atoms with van der Waals surface area (Å²) in [6.07, 6.45) is 1.74. The number of amides is 1. The smallest absolute Gasteiger partial charge is 0.224 e. The number of ketones is 1. The van der Waals surface area contributed by atoms with E-state index < -0.39 is 0 Å². The molecule has 1 aliphatic heterocycles. The highest BCUT2D eigenvalue weighted by molar-refractivity contribution is 7.99. The summed E-state index contributed by atoms with van der Waals surface area (Å²) in [5.41, 5.74) is 6.94. The van der Waals surface area contributed by atoms with E-state index in [0.29, 0.717) is 30.0 Å². The molecule has 4 aromatic rings. The predicted molar refractivity (Wildman–Crippen MR) is 139 cm³/mol. The van der Waals surface area contributed by atoms with E-state index in [0.717, 1.165) is 33.9 Å². The predicted octanol–water partition coefficient (Wildman–Crippen LogP) is 5.33. The van der Waals surface area contributed by atoms with Gasteiger partial charge in [-0.3, -0.25) is 14.2 Å². The van der Waals surface area contributed by atoms with Crippen LogP contribution in [-0.2, 0) is 17.6 Å². The Labute approximate surface area is 208 Å². The molecular formula is C28H26N4O2S. The number of thioether (sulfide) groups is 1. The Morgan fingerprint density at radius 3 is 2.63 bits per heavy atom. The topological polar surface area (TPSA) is 76.9 Å². The van der Waals surface area contributed by atoms with Crippen molar-refractivity contribution in [3.8, 4) is 5.69 Å². The summed E-state index contributed by atoms with van der Waals surface area (Å²) in [5.74, 6) is 1.13. The monoisotopic (exact) mass is 482 g/mol. The van der Waals surface area contributed by atoms with Crippen molar-refractivity contribution in [2.45, 2.75) is 38.3 Å². The molecule has 0 bridgehead atoms. The molecule has 0 spiro atoms. The van der Waals surface area contributed by atoms with Gasteiger partial charge in [0.2, 0.25) is 5.91 Å². The molecule has 6 nitrogen and oxygen atoms in total. The summed E-state index contributed by atoms with van der Waals surface area (Å²) in [4.78, 5) is 24.7. The summed E-state index contributed by atoms with van der Waals surface area (Å²) in [6, 6.07) is 22.0. The normalized spacial score (nSPS) is 12.8. The van der Waals surface area contributed by atoms with E-state index >= 15 is 0 Å². The van der Waals surface area contributed by atoms with E-state index in [9.17, 15) is 9.59 Å². The Morgan fingerprint density at radius 2 is 1.83 bits per heavy atom. The number of aromatic nitrogens is 3. The zero-order valence-corrected chi connectivity index (χ0v) is 20.6. The zero-order valence-electron chi connectivity index (χ0n) is 19.7. The van der Waals surface area contributed by atoms with Crippen LogP contribution in [0.4, 0.5) is 5.69 Å².